The lowest BCUT2D eigenvalue weighted by atomic mass is 9.96. The minimum atomic E-state index is -0.521. The molecule has 138 valence electrons. The third kappa shape index (κ3) is 3.69. The maximum atomic E-state index is 13.2. The number of carbonyl (C=O) groups excluding carboxylic acids is 2. The van der Waals surface area contributed by atoms with Gasteiger partial charge in [-0.25, -0.2) is 4.79 Å². The van der Waals surface area contributed by atoms with Gasteiger partial charge in [0.05, 0.1) is 23.9 Å². The van der Waals surface area contributed by atoms with E-state index < -0.39 is 5.97 Å². The Balaban J connectivity index is 2.61. The quantitative estimate of drug-likeness (QED) is 0.656. The van der Waals surface area contributed by atoms with Crippen molar-refractivity contribution >= 4 is 17.6 Å². The second-order valence-electron chi connectivity index (χ2n) is 6.58. The topological polar surface area (TPSA) is 85.5 Å². The zero-order valence-corrected chi connectivity index (χ0v) is 15.8. The molecule has 0 bridgehead atoms. The molecule has 0 saturated heterocycles. The molecule has 0 aliphatic heterocycles. The molecule has 0 unspecified atom stereocenters. The lowest BCUT2D eigenvalue weighted by Gasteiger charge is -2.31. The van der Waals surface area contributed by atoms with Crippen molar-refractivity contribution in [2.24, 2.45) is 0 Å². The Morgan fingerprint density at radius 1 is 1.04 bits per heavy atom. The second-order valence-corrected chi connectivity index (χ2v) is 6.58. The molecule has 2 rings (SSSR count). The Bertz CT molecular complexity index is 808. The highest BCUT2D eigenvalue weighted by Crippen LogP contribution is 2.32. The van der Waals surface area contributed by atoms with E-state index in [9.17, 15) is 9.59 Å². The van der Waals surface area contributed by atoms with Crippen LogP contribution >= 0.6 is 0 Å². The van der Waals surface area contributed by atoms with Crippen molar-refractivity contribution < 1.29 is 14.3 Å². The Morgan fingerprint density at radius 3 is 2.27 bits per heavy atom. The predicted molar refractivity (Wildman–Crippen MR) is 102 cm³/mol. The van der Waals surface area contributed by atoms with E-state index in [0.29, 0.717) is 16.7 Å². The molecule has 6 heteroatoms. The van der Waals surface area contributed by atoms with Crippen LogP contribution in [-0.2, 0) is 4.74 Å². The number of para-hydroxylation sites is 1. The van der Waals surface area contributed by atoms with Gasteiger partial charge in [-0.1, -0.05) is 12.1 Å². The van der Waals surface area contributed by atoms with Crippen LogP contribution in [0.15, 0.2) is 36.7 Å². The summed E-state index contributed by atoms with van der Waals surface area (Å²) < 4.78 is 4.78. The fourth-order valence-corrected chi connectivity index (χ4v) is 3.09. The molecule has 1 aromatic heterocycles. The number of aromatic nitrogens is 1. The first-order chi connectivity index (χ1) is 12.3. The summed E-state index contributed by atoms with van der Waals surface area (Å²) in [5.41, 5.74) is 8.40. The Hall–Kier alpha value is -2.89. The van der Waals surface area contributed by atoms with Crippen LogP contribution in [-0.4, -0.2) is 41.0 Å². The van der Waals surface area contributed by atoms with Gasteiger partial charge in [-0.15, -0.1) is 0 Å². The molecule has 0 aliphatic carbocycles. The van der Waals surface area contributed by atoms with Gasteiger partial charge in [-0.2, -0.15) is 0 Å². The standard InChI is InChI=1S/C20H25N3O3/c1-12(2)23(13(3)4)19(24)15-9-10-22-11-17(15)14-7-6-8-16(18(14)21)20(25)26-5/h6-13H,21H2,1-5H3. The molecule has 6 nitrogen and oxygen atoms in total. The van der Waals surface area contributed by atoms with Crippen LogP contribution < -0.4 is 5.73 Å². The summed E-state index contributed by atoms with van der Waals surface area (Å²) in [4.78, 5) is 31.1. The number of nitrogens with two attached hydrogens (primary N) is 1. The highest BCUT2D eigenvalue weighted by atomic mass is 16.5. The van der Waals surface area contributed by atoms with E-state index in [1.54, 1.807) is 41.6 Å². The molecular weight excluding hydrogens is 330 g/mol. The molecule has 2 aromatic rings. The second kappa shape index (κ2) is 7.99. The van der Waals surface area contributed by atoms with Gasteiger partial charge in [0.15, 0.2) is 0 Å². The van der Waals surface area contributed by atoms with Gasteiger partial charge >= 0.3 is 5.97 Å². The highest BCUT2D eigenvalue weighted by molar-refractivity contribution is 6.05. The molecule has 26 heavy (non-hydrogen) atoms. The smallest absolute Gasteiger partial charge is 0.339 e. The average molecular weight is 355 g/mol. The minimum Gasteiger partial charge on any atom is -0.465 e. The van der Waals surface area contributed by atoms with Gasteiger partial charge in [-0.05, 0) is 39.8 Å². The lowest BCUT2D eigenvalue weighted by Crippen LogP contribution is -2.42. The van der Waals surface area contributed by atoms with Crippen molar-refractivity contribution in [3.63, 3.8) is 0 Å². The van der Waals surface area contributed by atoms with Gasteiger partial charge in [0.25, 0.3) is 5.91 Å². The first-order valence-electron chi connectivity index (χ1n) is 8.53. The number of amides is 1. The zero-order chi connectivity index (χ0) is 19.4. The SMILES string of the molecule is COC(=O)c1cccc(-c2cnccc2C(=O)N(C(C)C)C(C)C)c1N. The molecule has 0 atom stereocenters. The van der Waals surface area contributed by atoms with E-state index in [1.165, 1.54) is 7.11 Å². The summed E-state index contributed by atoms with van der Waals surface area (Å²) in [6.07, 6.45) is 3.18. The third-order valence-electron chi connectivity index (χ3n) is 4.20. The monoisotopic (exact) mass is 355 g/mol. The fraction of sp³-hybridized carbons (Fsp3) is 0.350. The summed E-state index contributed by atoms with van der Waals surface area (Å²) in [6.45, 7) is 7.91. The normalized spacial score (nSPS) is 10.9. The predicted octanol–water partition coefficient (Wildman–Crippen LogP) is 3.38. The number of ether oxygens (including phenoxy) is 1. The number of rotatable bonds is 5. The minimum absolute atomic E-state index is 0.0438. The van der Waals surface area contributed by atoms with Gasteiger partial charge in [-0.3, -0.25) is 9.78 Å². The largest absolute Gasteiger partial charge is 0.465 e. The number of nitrogens with zero attached hydrogens (tertiary/aromatic N) is 2. The van der Waals surface area contributed by atoms with Crippen molar-refractivity contribution in [3.05, 3.63) is 47.8 Å². The molecule has 0 spiro atoms. The fourth-order valence-electron chi connectivity index (χ4n) is 3.09. The van der Waals surface area contributed by atoms with Crippen LogP contribution in [0, 0.1) is 0 Å². The Morgan fingerprint density at radius 2 is 1.69 bits per heavy atom. The number of benzene rings is 1. The van der Waals surface area contributed by atoms with Gasteiger partial charge in [0.1, 0.15) is 0 Å². The first-order valence-corrected chi connectivity index (χ1v) is 8.53. The summed E-state index contributed by atoms with van der Waals surface area (Å²) >= 11 is 0. The summed E-state index contributed by atoms with van der Waals surface area (Å²) in [6, 6.07) is 6.84. The molecule has 0 fully saturated rings. The lowest BCUT2D eigenvalue weighted by molar-refractivity contribution is 0.0600. The number of esters is 1. The number of carbonyl (C=O) groups is 2. The third-order valence-corrected chi connectivity index (χ3v) is 4.20. The molecule has 0 aliphatic rings. The van der Waals surface area contributed by atoms with Gasteiger partial charge in [0, 0.05) is 35.6 Å². The van der Waals surface area contributed by atoms with Gasteiger partial charge in [0.2, 0.25) is 0 Å². The summed E-state index contributed by atoms with van der Waals surface area (Å²) in [5, 5.41) is 0. The number of nitrogen functional groups attached to an aromatic ring is 1. The summed E-state index contributed by atoms with van der Waals surface area (Å²) in [7, 11) is 1.30. The van der Waals surface area contributed by atoms with E-state index in [-0.39, 0.29) is 29.2 Å². The Kier molecular flexibility index (Phi) is 5.97. The summed E-state index contributed by atoms with van der Waals surface area (Å²) in [5.74, 6) is -0.623. The first kappa shape index (κ1) is 19.4. The van der Waals surface area contributed by atoms with Crippen LogP contribution in [0.5, 0.6) is 0 Å². The van der Waals surface area contributed by atoms with Crippen LogP contribution in [0.3, 0.4) is 0 Å². The number of hydrogen-bond acceptors (Lipinski definition) is 5. The Labute approximate surface area is 154 Å². The average Bonchev–Trinajstić information content (AvgIpc) is 2.60. The van der Waals surface area contributed by atoms with Crippen LogP contribution in [0.2, 0.25) is 0 Å². The molecule has 0 radical (unpaired) electrons. The van der Waals surface area contributed by atoms with Crippen LogP contribution in [0.1, 0.15) is 48.4 Å². The van der Waals surface area contributed by atoms with E-state index in [4.69, 9.17) is 10.5 Å². The molecule has 1 aromatic carbocycles. The molecule has 1 amide bonds. The maximum absolute atomic E-state index is 13.2. The van der Waals surface area contributed by atoms with Gasteiger partial charge < -0.3 is 15.4 Å². The van der Waals surface area contributed by atoms with Crippen LogP contribution in [0.25, 0.3) is 11.1 Å². The van der Waals surface area contributed by atoms with E-state index >= 15 is 0 Å². The number of anilines is 1. The number of methoxy groups -OCH3 is 1. The molecular formula is C20H25N3O3. The van der Waals surface area contributed by atoms with Crippen molar-refractivity contribution in [2.75, 3.05) is 12.8 Å². The van der Waals surface area contributed by atoms with E-state index in [0.717, 1.165) is 0 Å². The molecule has 2 N–H and O–H groups in total. The number of pyridine rings is 1. The van der Waals surface area contributed by atoms with Crippen molar-refractivity contribution in [3.8, 4) is 11.1 Å². The van der Waals surface area contributed by atoms with Crippen molar-refractivity contribution in [1.82, 2.24) is 9.88 Å². The van der Waals surface area contributed by atoms with Crippen molar-refractivity contribution in [1.29, 1.82) is 0 Å². The number of hydrogen-bond donors (Lipinski definition) is 1. The van der Waals surface area contributed by atoms with E-state index in [2.05, 4.69) is 4.98 Å². The molecule has 0 saturated carbocycles. The maximum Gasteiger partial charge on any atom is 0.339 e. The zero-order valence-electron chi connectivity index (χ0n) is 15.8. The van der Waals surface area contributed by atoms with Crippen LogP contribution in [0.4, 0.5) is 5.69 Å². The van der Waals surface area contributed by atoms with Crippen molar-refractivity contribution in [2.45, 2.75) is 39.8 Å². The van der Waals surface area contributed by atoms with E-state index in [1.807, 2.05) is 27.7 Å². The highest BCUT2D eigenvalue weighted by Gasteiger charge is 2.25. The molecule has 1 heterocycles.